The number of hydrogen-bond acceptors (Lipinski definition) is 4. The third kappa shape index (κ3) is 2.39. The first kappa shape index (κ1) is 14.1. The number of halogens is 2. The van der Waals surface area contributed by atoms with Gasteiger partial charge < -0.3 is 10.5 Å². The molecular formula is C12H14ClFN2O3S. The summed E-state index contributed by atoms with van der Waals surface area (Å²) in [5, 5.41) is -0.311. The highest BCUT2D eigenvalue weighted by molar-refractivity contribution is 7.89. The van der Waals surface area contributed by atoms with Crippen molar-refractivity contribution in [2.45, 2.75) is 42.4 Å². The second-order valence-electron chi connectivity index (χ2n) is 5.15. The summed E-state index contributed by atoms with van der Waals surface area (Å²) in [6.45, 7) is 0. The van der Waals surface area contributed by atoms with Gasteiger partial charge >= 0.3 is 0 Å². The predicted octanol–water partition coefficient (Wildman–Crippen LogP) is 1.66. The fourth-order valence-electron chi connectivity index (χ4n) is 2.80. The van der Waals surface area contributed by atoms with E-state index in [-0.39, 0.29) is 29.0 Å². The van der Waals surface area contributed by atoms with Gasteiger partial charge in [-0.25, -0.2) is 17.5 Å². The molecule has 0 amide bonds. The molecule has 2 fully saturated rings. The van der Waals surface area contributed by atoms with Gasteiger partial charge in [-0.3, -0.25) is 0 Å². The molecule has 0 saturated carbocycles. The van der Waals surface area contributed by atoms with Crippen molar-refractivity contribution in [2.24, 2.45) is 0 Å². The number of ether oxygens (including phenoxy) is 1. The van der Waals surface area contributed by atoms with Crippen LogP contribution >= 0.6 is 11.6 Å². The van der Waals surface area contributed by atoms with Gasteiger partial charge in [-0.05, 0) is 31.4 Å². The number of nitrogens with one attached hydrogen (secondary N) is 1. The zero-order valence-corrected chi connectivity index (χ0v) is 12.0. The number of sulfonamides is 1. The van der Waals surface area contributed by atoms with E-state index in [0.717, 1.165) is 18.9 Å². The molecule has 0 aromatic heterocycles. The standard InChI is InChI=1S/C12H14ClFN2O3S/c13-8-3-6(15)4-11(12(8)14)20(17,18)16-9-5-7-1-2-10(9)19-7/h3-4,7,9-10,16H,1-2,5,15H2. The molecule has 2 heterocycles. The first-order valence-corrected chi connectivity index (χ1v) is 8.15. The quantitative estimate of drug-likeness (QED) is 0.830. The van der Waals surface area contributed by atoms with Crippen LogP contribution < -0.4 is 10.5 Å². The largest absolute Gasteiger partial charge is 0.399 e. The van der Waals surface area contributed by atoms with E-state index in [0.29, 0.717) is 6.42 Å². The van der Waals surface area contributed by atoms with Crippen molar-refractivity contribution in [2.75, 3.05) is 5.73 Å². The Bertz CT molecular complexity index is 652. The highest BCUT2D eigenvalue weighted by Crippen LogP contribution is 2.35. The summed E-state index contributed by atoms with van der Waals surface area (Å²) >= 11 is 5.63. The molecule has 2 bridgehead atoms. The molecule has 1 aromatic carbocycles. The highest BCUT2D eigenvalue weighted by atomic mass is 35.5. The zero-order valence-electron chi connectivity index (χ0n) is 10.5. The summed E-state index contributed by atoms with van der Waals surface area (Å²) in [4.78, 5) is -0.523. The van der Waals surface area contributed by atoms with Gasteiger partial charge in [-0.1, -0.05) is 11.6 Å². The molecule has 5 nitrogen and oxygen atoms in total. The number of fused-ring (bicyclic) bond motifs is 2. The van der Waals surface area contributed by atoms with Crippen molar-refractivity contribution in [3.05, 3.63) is 23.0 Å². The lowest BCUT2D eigenvalue weighted by molar-refractivity contribution is 0.0996. The molecule has 3 N–H and O–H groups in total. The van der Waals surface area contributed by atoms with Gasteiger partial charge in [-0.15, -0.1) is 0 Å². The van der Waals surface area contributed by atoms with E-state index >= 15 is 0 Å². The zero-order chi connectivity index (χ0) is 14.5. The average Bonchev–Trinajstić information content (AvgIpc) is 2.95. The van der Waals surface area contributed by atoms with Gasteiger partial charge in [0, 0.05) is 5.69 Å². The third-order valence-corrected chi connectivity index (χ3v) is 5.48. The molecule has 2 aliphatic heterocycles. The maximum Gasteiger partial charge on any atom is 0.243 e. The smallest absolute Gasteiger partial charge is 0.243 e. The molecule has 110 valence electrons. The lowest BCUT2D eigenvalue weighted by Gasteiger charge is -2.20. The maximum absolute atomic E-state index is 13.9. The average molecular weight is 321 g/mol. The topological polar surface area (TPSA) is 81.4 Å². The second kappa shape index (κ2) is 4.84. The van der Waals surface area contributed by atoms with Crippen LogP contribution in [0.2, 0.25) is 5.02 Å². The van der Waals surface area contributed by atoms with E-state index < -0.39 is 20.7 Å². The van der Waals surface area contributed by atoms with E-state index in [2.05, 4.69) is 4.72 Å². The predicted molar refractivity (Wildman–Crippen MR) is 72.4 cm³/mol. The van der Waals surface area contributed by atoms with Crippen LogP contribution in [0, 0.1) is 5.82 Å². The van der Waals surface area contributed by atoms with Gasteiger partial charge in [0.15, 0.2) is 5.82 Å². The summed E-state index contributed by atoms with van der Waals surface area (Å²) < 4.78 is 46.5. The van der Waals surface area contributed by atoms with Crippen LogP contribution in [0.3, 0.4) is 0 Å². The molecule has 1 aromatic rings. The first-order valence-electron chi connectivity index (χ1n) is 6.29. The SMILES string of the molecule is Nc1cc(Cl)c(F)c(S(=O)(=O)NC2CC3CCC2O3)c1. The van der Waals surface area contributed by atoms with Crippen LogP contribution in [0.5, 0.6) is 0 Å². The molecule has 2 aliphatic rings. The molecule has 0 aliphatic carbocycles. The first-order chi connectivity index (χ1) is 9.37. The molecule has 8 heteroatoms. The lowest BCUT2D eigenvalue weighted by Crippen LogP contribution is -2.41. The Morgan fingerprint density at radius 2 is 2.15 bits per heavy atom. The Morgan fingerprint density at radius 1 is 1.40 bits per heavy atom. The van der Waals surface area contributed by atoms with Crippen molar-refractivity contribution in [3.63, 3.8) is 0 Å². The maximum atomic E-state index is 13.9. The van der Waals surface area contributed by atoms with E-state index in [1.165, 1.54) is 6.07 Å². The molecule has 20 heavy (non-hydrogen) atoms. The van der Waals surface area contributed by atoms with Crippen LogP contribution in [0.4, 0.5) is 10.1 Å². The van der Waals surface area contributed by atoms with Gasteiger partial charge in [0.2, 0.25) is 10.0 Å². The summed E-state index contributed by atoms with van der Waals surface area (Å²) in [6, 6.07) is 1.92. The molecular weight excluding hydrogens is 307 g/mol. The molecule has 3 unspecified atom stereocenters. The highest BCUT2D eigenvalue weighted by Gasteiger charge is 2.43. The monoisotopic (exact) mass is 320 g/mol. The van der Waals surface area contributed by atoms with Crippen molar-refractivity contribution in [1.82, 2.24) is 4.72 Å². The van der Waals surface area contributed by atoms with Crippen molar-refractivity contribution in [1.29, 1.82) is 0 Å². The minimum absolute atomic E-state index is 0.0981. The number of rotatable bonds is 3. The van der Waals surface area contributed by atoms with Crippen LogP contribution in [0.25, 0.3) is 0 Å². The Kier molecular flexibility index (Phi) is 3.40. The molecule has 0 spiro atoms. The van der Waals surface area contributed by atoms with Gasteiger partial charge in [-0.2, -0.15) is 0 Å². The van der Waals surface area contributed by atoms with Crippen LogP contribution in [0.15, 0.2) is 17.0 Å². The van der Waals surface area contributed by atoms with Crippen molar-refractivity contribution < 1.29 is 17.5 Å². The summed E-state index contributed by atoms with van der Waals surface area (Å²) in [5.74, 6) is -0.988. The Hall–Kier alpha value is -0.890. The molecule has 0 radical (unpaired) electrons. The number of hydrogen-bond donors (Lipinski definition) is 2. The molecule has 3 rings (SSSR count). The minimum Gasteiger partial charge on any atom is -0.399 e. The minimum atomic E-state index is -4.01. The number of anilines is 1. The van der Waals surface area contributed by atoms with Crippen LogP contribution in [-0.2, 0) is 14.8 Å². The molecule has 2 saturated heterocycles. The second-order valence-corrected chi connectivity index (χ2v) is 7.24. The summed E-state index contributed by atoms with van der Waals surface area (Å²) in [6.07, 6.45) is 2.34. The Balaban J connectivity index is 1.89. The van der Waals surface area contributed by atoms with Gasteiger partial charge in [0.05, 0.1) is 23.3 Å². The van der Waals surface area contributed by atoms with Crippen LogP contribution in [0.1, 0.15) is 19.3 Å². The fraction of sp³-hybridized carbons (Fsp3) is 0.500. The number of benzene rings is 1. The molecule has 3 atom stereocenters. The normalized spacial score (nSPS) is 29.0. The number of nitrogen functional groups attached to an aromatic ring is 1. The number of nitrogens with two attached hydrogens (primary N) is 1. The van der Waals surface area contributed by atoms with E-state index in [4.69, 9.17) is 22.1 Å². The van der Waals surface area contributed by atoms with E-state index in [1.54, 1.807) is 0 Å². The van der Waals surface area contributed by atoms with Gasteiger partial charge in [0.1, 0.15) is 4.90 Å². The van der Waals surface area contributed by atoms with E-state index in [9.17, 15) is 12.8 Å². The van der Waals surface area contributed by atoms with E-state index in [1.807, 2.05) is 0 Å². The fourth-order valence-corrected chi connectivity index (χ4v) is 4.50. The third-order valence-electron chi connectivity index (χ3n) is 3.72. The van der Waals surface area contributed by atoms with Gasteiger partial charge in [0.25, 0.3) is 0 Å². The summed E-state index contributed by atoms with van der Waals surface area (Å²) in [5.41, 5.74) is 5.62. The summed E-state index contributed by atoms with van der Waals surface area (Å²) in [7, 11) is -4.01. The van der Waals surface area contributed by atoms with Crippen molar-refractivity contribution in [3.8, 4) is 0 Å². The lowest BCUT2D eigenvalue weighted by atomic mass is 9.96. The Morgan fingerprint density at radius 3 is 2.75 bits per heavy atom. The van der Waals surface area contributed by atoms with Crippen LogP contribution in [-0.4, -0.2) is 26.7 Å². The Labute approximate surface area is 121 Å². The van der Waals surface area contributed by atoms with Crippen molar-refractivity contribution >= 4 is 27.3 Å².